The highest BCUT2D eigenvalue weighted by Gasteiger charge is 2.37. The summed E-state index contributed by atoms with van der Waals surface area (Å²) in [6, 6.07) is 1.16. The fourth-order valence-corrected chi connectivity index (χ4v) is 4.52. The van der Waals surface area contributed by atoms with Gasteiger partial charge in [0.2, 0.25) is 0 Å². The summed E-state index contributed by atoms with van der Waals surface area (Å²) in [5.41, 5.74) is 0. The van der Waals surface area contributed by atoms with Crippen LogP contribution < -0.4 is 5.32 Å². The minimum absolute atomic E-state index is 0.364. The molecule has 0 amide bonds. The molecule has 21 heavy (non-hydrogen) atoms. The van der Waals surface area contributed by atoms with E-state index in [4.69, 9.17) is 4.74 Å². The van der Waals surface area contributed by atoms with Crippen molar-refractivity contribution in [3.63, 3.8) is 0 Å². The van der Waals surface area contributed by atoms with Crippen molar-refractivity contribution < 1.29 is 4.74 Å². The third kappa shape index (κ3) is 4.67. The molecule has 0 aromatic rings. The number of hydrogen-bond acceptors (Lipinski definition) is 3. The highest BCUT2D eigenvalue weighted by atomic mass is 16.5. The predicted octanol–water partition coefficient (Wildman–Crippen LogP) is 3.15. The summed E-state index contributed by atoms with van der Waals surface area (Å²) in [6.45, 7) is 15.8. The van der Waals surface area contributed by atoms with E-state index in [1.165, 1.54) is 19.3 Å². The van der Waals surface area contributed by atoms with Gasteiger partial charge >= 0.3 is 0 Å². The zero-order valence-electron chi connectivity index (χ0n) is 14.8. The first-order chi connectivity index (χ1) is 10.0. The van der Waals surface area contributed by atoms with Gasteiger partial charge in [-0.25, -0.2) is 0 Å². The summed E-state index contributed by atoms with van der Waals surface area (Å²) in [6.07, 6.45) is 4.50. The van der Waals surface area contributed by atoms with Crippen molar-refractivity contribution in [2.75, 3.05) is 26.2 Å². The molecule has 0 aromatic carbocycles. The van der Waals surface area contributed by atoms with Gasteiger partial charge in [0, 0.05) is 25.2 Å². The molecule has 1 saturated heterocycles. The second-order valence-corrected chi connectivity index (χ2v) is 7.76. The number of rotatable bonds is 5. The maximum Gasteiger partial charge on any atom is 0.0858 e. The van der Waals surface area contributed by atoms with Crippen LogP contribution in [-0.2, 0) is 4.74 Å². The van der Waals surface area contributed by atoms with Crippen LogP contribution in [0.1, 0.15) is 53.9 Å². The Bertz CT molecular complexity index is 298. The van der Waals surface area contributed by atoms with Crippen LogP contribution in [0.25, 0.3) is 0 Å². The van der Waals surface area contributed by atoms with Gasteiger partial charge in [0.15, 0.2) is 0 Å². The Hall–Kier alpha value is -0.120. The first kappa shape index (κ1) is 17.2. The quantitative estimate of drug-likeness (QED) is 0.843. The number of nitrogens with zero attached hydrogens (tertiary/aromatic N) is 1. The maximum absolute atomic E-state index is 6.19. The summed E-state index contributed by atoms with van der Waals surface area (Å²) >= 11 is 0. The molecule has 2 aliphatic rings. The largest absolute Gasteiger partial charge is 0.374 e. The molecule has 0 bridgehead atoms. The lowest BCUT2D eigenvalue weighted by molar-refractivity contribution is -0.0701. The number of hydrogen-bond donors (Lipinski definition) is 1. The van der Waals surface area contributed by atoms with Gasteiger partial charge in [-0.3, -0.25) is 4.90 Å². The Balaban J connectivity index is 2.03. The van der Waals surface area contributed by atoms with E-state index in [0.29, 0.717) is 18.2 Å². The molecule has 3 nitrogen and oxygen atoms in total. The second kappa shape index (κ2) is 7.94. The van der Waals surface area contributed by atoms with Crippen molar-refractivity contribution >= 4 is 0 Å². The molecular weight excluding hydrogens is 260 g/mol. The molecule has 2 fully saturated rings. The minimum Gasteiger partial charge on any atom is -0.374 e. The lowest BCUT2D eigenvalue weighted by Crippen LogP contribution is -2.57. The van der Waals surface area contributed by atoms with Gasteiger partial charge in [-0.15, -0.1) is 0 Å². The van der Waals surface area contributed by atoms with Gasteiger partial charge in [-0.2, -0.15) is 0 Å². The minimum atomic E-state index is 0.364. The zero-order chi connectivity index (χ0) is 15.4. The molecule has 1 aliphatic heterocycles. The third-order valence-corrected chi connectivity index (χ3v) is 5.42. The number of nitrogens with one attached hydrogen (secondary N) is 1. The maximum atomic E-state index is 6.19. The molecule has 0 radical (unpaired) electrons. The van der Waals surface area contributed by atoms with Crippen LogP contribution in [0.2, 0.25) is 0 Å². The van der Waals surface area contributed by atoms with E-state index in [1.54, 1.807) is 0 Å². The summed E-state index contributed by atoms with van der Waals surface area (Å²) in [5, 5.41) is 3.77. The van der Waals surface area contributed by atoms with E-state index in [9.17, 15) is 0 Å². The van der Waals surface area contributed by atoms with Crippen LogP contribution in [0, 0.1) is 17.8 Å². The number of likely N-dealkylation sites (N-methyl/N-ethyl adjacent to an activating group) is 1. The van der Waals surface area contributed by atoms with Crippen molar-refractivity contribution in [1.82, 2.24) is 10.2 Å². The Morgan fingerprint density at radius 3 is 2.38 bits per heavy atom. The summed E-state index contributed by atoms with van der Waals surface area (Å²) in [7, 11) is 0. The summed E-state index contributed by atoms with van der Waals surface area (Å²) < 4.78 is 6.19. The van der Waals surface area contributed by atoms with E-state index < -0.39 is 0 Å². The Kier molecular flexibility index (Phi) is 6.51. The Morgan fingerprint density at radius 1 is 1.14 bits per heavy atom. The van der Waals surface area contributed by atoms with Crippen LogP contribution in [0.4, 0.5) is 0 Å². The average Bonchev–Trinajstić information content (AvgIpc) is 2.43. The summed E-state index contributed by atoms with van der Waals surface area (Å²) in [5.74, 6) is 2.51. The van der Waals surface area contributed by atoms with E-state index >= 15 is 0 Å². The smallest absolute Gasteiger partial charge is 0.0858 e. The van der Waals surface area contributed by atoms with Crippen molar-refractivity contribution in [1.29, 1.82) is 0 Å². The lowest BCUT2D eigenvalue weighted by Gasteiger charge is -2.44. The third-order valence-electron chi connectivity index (χ3n) is 5.42. The normalized spacial score (nSPS) is 36.9. The molecule has 2 rings (SSSR count). The fraction of sp³-hybridized carbons (Fsp3) is 1.00. The monoisotopic (exact) mass is 296 g/mol. The van der Waals surface area contributed by atoms with E-state index in [1.807, 2.05) is 0 Å². The van der Waals surface area contributed by atoms with Crippen LogP contribution >= 0.6 is 0 Å². The molecule has 124 valence electrons. The van der Waals surface area contributed by atoms with E-state index in [-0.39, 0.29) is 0 Å². The highest BCUT2D eigenvalue weighted by molar-refractivity contribution is 4.91. The van der Waals surface area contributed by atoms with Gasteiger partial charge < -0.3 is 10.1 Å². The first-order valence-electron chi connectivity index (χ1n) is 9.10. The van der Waals surface area contributed by atoms with Gasteiger partial charge in [0.25, 0.3) is 0 Å². The second-order valence-electron chi connectivity index (χ2n) is 7.76. The van der Waals surface area contributed by atoms with Gasteiger partial charge in [-0.05, 0) is 57.4 Å². The molecule has 0 aromatic heterocycles. The Labute approximate surface area is 131 Å². The lowest BCUT2D eigenvalue weighted by atomic mass is 9.72. The summed E-state index contributed by atoms with van der Waals surface area (Å²) in [4.78, 5) is 2.58. The Morgan fingerprint density at radius 2 is 1.81 bits per heavy atom. The van der Waals surface area contributed by atoms with Crippen molar-refractivity contribution in [2.24, 2.45) is 17.8 Å². The average molecular weight is 296 g/mol. The SMILES string of the molecule is CCNC(C1CC(C)CC(C)C1)C1CN(C(C)C)CCO1. The topological polar surface area (TPSA) is 24.5 Å². The fourth-order valence-electron chi connectivity index (χ4n) is 4.52. The van der Waals surface area contributed by atoms with Crippen LogP contribution in [0.3, 0.4) is 0 Å². The van der Waals surface area contributed by atoms with Gasteiger partial charge in [-0.1, -0.05) is 20.8 Å². The predicted molar refractivity (Wildman–Crippen MR) is 89.6 cm³/mol. The van der Waals surface area contributed by atoms with Crippen molar-refractivity contribution in [2.45, 2.75) is 72.1 Å². The molecule has 4 unspecified atom stereocenters. The first-order valence-corrected chi connectivity index (χ1v) is 9.10. The standard InChI is InChI=1S/C18H36N2O/c1-6-19-18(16-10-14(4)9-15(5)11-16)17-12-20(13(2)3)7-8-21-17/h13-19H,6-12H2,1-5H3. The molecule has 1 heterocycles. The van der Waals surface area contributed by atoms with Crippen molar-refractivity contribution in [3.8, 4) is 0 Å². The molecule has 1 aliphatic carbocycles. The molecule has 1 N–H and O–H groups in total. The number of ether oxygens (including phenoxy) is 1. The van der Waals surface area contributed by atoms with E-state index in [0.717, 1.165) is 44.0 Å². The molecule has 1 saturated carbocycles. The van der Waals surface area contributed by atoms with Gasteiger partial charge in [0.1, 0.15) is 0 Å². The zero-order valence-corrected chi connectivity index (χ0v) is 14.8. The molecular formula is C18H36N2O. The molecule has 3 heteroatoms. The van der Waals surface area contributed by atoms with Crippen LogP contribution in [0.15, 0.2) is 0 Å². The van der Waals surface area contributed by atoms with E-state index in [2.05, 4.69) is 44.8 Å². The highest BCUT2D eigenvalue weighted by Crippen LogP contribution is 2.36. The number of morpholine rings is 1. The molecule has 0 spiro atoms. The van der Waals surface area contributed by atoms with Crippen LogP contribution in [-0.4, -0.2) is 49.3 Å². The molecule has 4 atom stereocenters. The van der Waals surface area contributed by atoms with Crippen LogP contribution in [0.5, 0.6) is 0 Å². The van der Waals surface area contributed by atoms with Gasteiger partial charge in [0.05, 0.1) is 12.7 Å². The van der Waals surface area contributed by atoms with Crippen molar-refractivity contribution in [3.05, 3.63) is 0 Å².